The smallest absolute Gasteiger partial charge is 0.405 e. The van der Waals surface area contributed by atoms with Crippen molar-refractivity contribution in [3.05, 3.63) is 111 Å². The Kier molecular flexibility index (Phi) is 9.80. The molecule has 0 aliphatic rings. The van der Waals surface area contributed by atoms with Crippen molar-refractivity contribution in [2.45, 2.75) is 12.5 Å². The van der Waals surface area contributed by atoms with Gasteiger partial charge in [0.05, 0.1) is 33.0 Å². The maximum absolute atomic E-state index is 14.5. The number of benzene rings is 3. The van der Waals surface area contributed by atoms with E-state index in [1.54, 1.807) is 0 Å². The summed E-state index contributed by atoms with van der Waals surface area (Å²) in [5.74, 6) is -6.89. The van der Waals surface area contributed by atoms with Crippen LogP contribution in [0.1, 0.15) is 17.4 Å². The predicted octanol–water partition coefficient (Wildman–Crippen LogP) is 5.20. The number of aryl methyl sites for hydroxylation is 1. The molecule has 1 atom stereocenters. The van der Waals surface area contributed by atoms with Crippen molar-refractivity contribution in [1.29, 1.82) is 0 Å². The van der Waals surface area contributed by atoms with Crippen molar-refractivity contribution in [2.24, 2.45) is 7.05 Å². The summed E-state index contributed by atoms with van der Waals surface area (Å²) >= 11 is 6.54. The molecule has 0 saturated carbocycles. The number of ether oxygens (including phenoxy) is 1. The van der Waals surface area contributed by atoms with Crippen LogP contribution >= 0.6 is 11.6 Å². The Labute approximate surface area is 300 Å². The molecule has 3 N–H and O–H groups in total. The lowest BCUT2D eigenvalue weighted by Crippen LogP contribution is -2.35. The number of sulfone groups is 1. The van der Waals surface area contributed by atoms with E-state index in [1.807, 2.05) is 0 Å². The number of hydrogen-bond donors (Lipinski definition) is 3. The van der Waals surface area contributed by atoms with Crippen LogP contribution in [0.5, 0.6) is 11.6 Å². The van der Waals surface area contributed by atoms with Gasteiger partial charge in [-0.3, -0.25) is 18.8 Å². The number of nitrogens with one attached hydrogen (secondary N) is 2. The van der Waals surface area contributed by atoms with E-state index in [4.69, 9.17) is 16.3 Å². The van der Waals surface area contributed by atoms with Crippen molar-refractivity contribution in [3.63, 3.8) is 0 Å². The molecule has 0 radical (unpaired) electrons. The van der Waals surface area contributed by atoms with E-state index in [0.717, 1.165) is 35.1 Å². The second-order valence-electron chi connectivity index (χ2n) is 11.7. The number of carbonyl (C=O) groups excluding carboxylic acids is 1. The number of aromatic nitrogens is 5. The van der Waals surface area contributed by atoms with Gasteiger partial charge in [0, 0.05) is 37.9 Å². The highest BCUT2D eigenvalue weighted by Gasteiger charge is 2.28. The van der Waals surface area contributed by atoms with Crippen LogP contribution in [-0.4, -0.2) is 61.8 Å². The second kappa shape index (κ2) is 14.2. The van der Waals surface area contributed by atoms with Gasteiger partial charge in [-0.05, 0) is 48.0 Å². The Bertz CT molecular complexity index is 2640. The van der Waals surface area contributed by atoms with Crippen molar-refractivity contribution in [1.82, 2.24) is 29.6 Å². The molecule has 3 aromatic carbocycles. The van der Waals surface area contributed by atoms with Crippen LogP contribution in [0.2, 0.25) is 5.02 Å². The summed E-state index contributed by atoms with van der Waals surface area (Å²) < 4.78 is 87.6. The maximum Gasteiger partial charge on any atom is 0.405 e. The zero-order valence-corrected chi connectivity index (χ0v) is 28.8. The predicted molar refractivity (Wildman–Crippen MR) is 183 cm³/mol. The Morgan fingerprint density at radius 3 is 2.36 bits per heavy atom. The molecule has 2 amide bonds. The van der Waals surface area contributed by atoms with Gasteiger partial charge in [-0.1, -0.05) is 11.6 Å². The first kappa shape index (κ1) is 36.7. The number of anilines is 1. The zero-order valence-electron chi connectivity index (χ0n) is 27.2. The van der Waals surface area contributed by atoms with Gasteiger partial charge in [-0.25, -0.2) is 35.8 Å². The molecule has 0 spiro atoms. The molecule has 6 aromatic rings. The van der Waals surface area contributed by atoms with Gasteiger partial charge in [0.25, 0.3) is 5.56 Å². The molecule has 0 aliphatic heterocycles. The lowest BCUT2D eigenvalue weighted by Gasteiger charge is -2.22. The summed E-state index contributed by atoms with van der Waals surface area (Å²) in [5, 5.41) is 18.7. The number of fused-ring (bicyclic) bond motifs is 2. The third kappa shape index (κ3) is 7.90. The standard InChI is InChI=1S/C33H24ClF4N7O7S/c1-44-28-23(6-5-20(34)27(28)30(43-44)40-25(46)14-53(2,50)51)45-31(22(39-33(48)49)11-15-9-17(36)12-18(37)10-15)42-29-19(32(45)47)4-8-26(41-29)52-24-7-3-16(35)13-21(24)38/h3-10,12-13,22,39H,11,14H2,1-2H3,(H,48,49)(H,40,43,46)/t22-/m0/s1. The van der Waals surface area contributed by atoms with E-state index in [2.05, 4.69) is 25.7 Å². The highest BCUT2D eigenvalue weighted by molar-refractivity contribution is 7.91. The van der Waals surface area contributed by atoms with Crippen LogP contribution in [0, 0.1) is 23.3 Å². The first-order valence-corrected chi connectivity index (χ1v) is 17.6. The third-order valence-corrected chi connectivity index (χ3v) is 8.72. The molecule has 0 bridgehead atoms. The van der Waals surface area contributed by atoms with Crippen LogP contribution in [0.15, 0.2) is 65.5 Å². The van der Waals surface area contributed by atoms with Crippen molar-refractivity contribution in [2.75, 3.05) is 17.3 Å². The average molecular weight is 774 g/mol. The fourth-order valence-electron chi connectivity index (χ4n) is 5.61. The number of hydrogen-bond acceptors (Lipinski definition) is 9. The van der Waals surface area contributed by atoms with Gasteiger partial charge in [0.2, 0.25) is 11.8 Å². The summed E-state index contributed by atoms with van der Waals surface area (Å²) in [5.41, 5.74) is -1.15. The molecule has 6 rings (SSSR count). The monoisotopic (exact) mass is 773 g/mol. The lowest BCUT2D eigenvalue weighted by atomic mass is 10.0. The first-order chi connectivity index (χ1) is 25.0. The molecule has 0 unspecified atom stereocenters. The Morgan fingerprint density at radius 1 is 0.981 bits per heavy atom. The molecule has 3 heterocycles. The lowest BCUT2D eigenvalue weighted by molar-refractivity contribution is -0.113. The molecule has 0 aliphatic carbocycles. The fraction of sp³-hybridized carbons (Fsp3) is 0.152. The summed E-state index contributed by atoms with van der Waals surface area (Å²) in [4.78, 5) is 47.9. The van der Waals surface area contributed by atoms with E-state index in [9.17, 15) is 45.5 Å². The van der Waals surface area contributed by atoms with E-state index >= 15 is 0 Å². The number of halogens is 5. The van der Waals surface area contributed by atoms with Crippen LogP contribution < -0.4 is 20.9 Å². The molecule has 14 nitrogen and oxygen atoms in total. The molecular formula is C33H24ClF4N7O7S. The summed E-state index contributed by atoms with van der Waals surface area (Å²) in [6, 6.07) is 8.69. The van der Waals surface area contributed by atoms with Crippen LogP contribution in [0.3, 0.4) is 0 Å². The van der Waals surface area contributed by atoms with Crippen LogP contribution in [0.4, 0.5) is 28.2 Å². The van der Waals surface area contributed by atoms with Gasteiger partial charge in [-0.2, -0.15) is 10.1 Å². The number of carbonyl (C=O) groups is 2. The van der Waals surface area contributed by atoms with Gasteiger partial charge >= 0.3 is 6.09 Å². The van der Waals surface area contributed by atoms with E-state index < -0.39 is 74.6 Å². The van der Waals surface area contributed by atoms with E-state index in [-0.39, 0.29) is 55.7 Å². The molecule has 3 aromatic heterocycles. The van der Waals surface area contributed by atoms with Crippen LogP contribution in [-0.2, 0) is 28.1 Å². The first-order valence-electron chi connectivity index (χ1n) is 15.1. The minimum absolute atomic E-state index is 0.0155. The second-order valence-corrected chi connectivity index (χ2v) is 14.2. The SMILES string of the molecule is Cn1nc(NC(=O)CS(C)(=O)=O)c2c(Cl)ccc(-n3c([C@H](Cc4cc(F)cc(F)c4)NC(=O)O)nc4nc(Oc5ccc(F)cc5F)ccc4c3=O)c21. The number of nitrogens with zero attached hydrogens (tertiary/aromatic N) is 5. The summed E-state index contributed by atoms with van der Waals surface area (Å²) in [7, 11) is -2.32. The van der Waals surface area contributed by atoms with Gasteiger partial charge < -0.3 is 20.5 Å². The third-order valence-electron chi connectivity index (χ3n) is 7.62. The average Bonchev–Trinajstić information content (AvgIpc) is 3.36. The minimum atomic E-state index is -3.74. The molecule has 274 valence electrons. The van der Waals surface area contributed by atoms with Gasteiger partial charge in [-0.15, -0.1) is 0 Å². The zero-order chi connectivity index (χ0) is 38.4. The molecule has 0 fully saturated rings. The van der Waals surface area contributed by atoms with Gasteiger partial charge in [0.15, 0.2) is 32.9 Å². The fourth-order valence-corrected chi connectivity index (χ4v) is 6.40. The summed E-state index contributed by atoms with van der Waals surface area (Å²) in [6.07, 6.45) is -1.20. The minimum Gasteiger partial charge on any atom is -0.465 e. The highest BCUT2D eigenvalue weighted by Crippen LogP contribution is 2.35. The number of amides is 2. The quantitative estimate of drug-likeness (QED) is 0.156. The normalized spacial score (nSPS) is 12.2. The Morgan fingerprint density at radius 2 is 1.70 bits per heavy atom. The van der Waals surface area contributed by atoms with Crippen molar-refractivity contribution < 1.29 is 45.4 Å². The molecule has 20 heteroatoms. The van der Waals surface area contributed by atoms with Crippen molar-refractivity contribution in [3.8, 4) is 17.3 Å². The molecular weight excluding hydrogens is 750 g/mol. The maximum atomic E-state index is 14.5. The van der Waals surface area contributed by atoms with Gasteiger partial charge in [0.1, 0.15) is 29.0 Å². The van der Waals surface area contributed by atoms with E-state index in [0.29, 0.717) is 12.1 Å². The Balaban J connectivity index is 1.60. The number of carboxylic acid groups (broad SMARTS) is 1. The number of rotatable bonds is 10. The highest BCUT2D eigenvalue weighted by atomic mass is 35.5. The largest absolute Gasteiger partial charge is 0.465 e. The van der Waals surface area contributed by atoms with E-state index in [1.165, 1.54) is 36.0 Å². The summed E-state index contributed by atoms with van der Waals surface area (Å²) in [6.45, 7) is 0. The number of pyridine rings is 1. The molecule has 53 heavy (non-hydrogen) atoms. The molecule has 0 saturated heterocycles. The van der Waals surface area contributed by atoms with Crippen molar-refractivity contribution >= 4 is 61.2 Å². The van der Waals surface area contributed by atoms with Crippen LogP contribution in [0.25, 0.3) is 27.6 Å². The Hall–Kier alpha value is -6.08. The topological polar surface area (TPSA) is 187 Å².